The van der Waals surface area contributed by atoms with E-state index in [-0.39, 0.29) is 0 Å². The number of carbonyl (C=O) groups excluding carboxylic acids is 2. The Morgan fingerprint density at radius 3 is 2.05 bits per heavy atom. The third kappa shape index (κ3) is 3.32. The lowest BCUT2D eigenvalue weighted by Gasteiger charge is -2.15. The smallest absolute Gasteiger partial charge is 0.380 e. The molecule has 2 aromatic carbocycles. The van der Waals surface area contributed by atoms with Gasteiger partial charge in [0.05, 0.1) is 0 Å². The molecule has 0 aliphatic rings. The minimum Gasteiger partial charge on any atom is -0.452 e. The van der Waals surface area contributed by atoms with Gasteiger partial charge in [0.2, 0.25) is 0 Å². The molecule has 0 aromatic heterocycles. The van der Waals surface area contributed by atoms with E-state index < -0.39 is 17.9 Å². The van der Waals surface area contributed by atoms with Gasteiger partial charge in [-0.15, -0.1) is 0 Å². The van der Waals surface area contributed by atoms with Gasteiger partial charge in [0.25, 0.3) is 5.78 Å². The molecule has 2 rings (SSSR count). The summed E-state index contributed by atoms with van der Waals surface area (Å²) < 4.78 is 5.31. The zero-order valence-electron chi connectivity index (χ0n) is 11.3. The second-order valence-corrected chi connectivity index (χ2v) is 4.41. The van der Waals surface area contributed by atoms with E-state index in [1.165, 1.54) is 0 Å². The molecule has 0 amide bonds. The molecule has 102 valence electrons. The number of Topliss-reactive ketones (excluding diaryl/α,β-unsaturated/α-hetero) is 1. The van der Waals surface area contributed by atoms with Crippen molar-refractivity contribution in [1.29, 1.82) is 0 Å². The number of benzene rings is 2. The maximum atomic E-state index is 12.0. The molecular formula is C17H16O3. The van der Waals surface area contributed by atoms with Crippen molar-refractivity contribution in [2.45, 2.75) is 19.4 Å². The topological polar surface area (TPSA) is 43.4 Å². The summed E-state index contributed by atoms with van der Waals surface area (Å²) in [6.45, 7) is 1.91. The molecule has 3 heteroatoms. The molecule has 0 saturated carbocycles. The number of hydrogen-bond acceptors (Lipinski definition) is 3. The minimum atomic E-state index is -0.813. The second-order valence-electron chi connectivity index (χ2n) is 4.41. The Labute approximate surface area is 118 Å². The Morgan fingerprint density at radius 1 is 0.950 bits per heavy atom. The number of esters is 1. The number of rotatable bonds is 5. The molecular weight excluding hydrogens is 252 g/mol. The van der Waals surface area contributed by atoms with Crippen molar-refractivity contribution in [3.63, 3.8) is 0 Å². The lowest BCUT2D eigenvalue weighted by molar-refractivity contribution is -0.143. The Kier molecular flexibility index (Phi) is 4.66. The van der Waals surface area contributed by atoms with Crippen molar-refractivity contribution in [3.8, 4) is 0 Å². The molecule has 0 radical (unpaired) electrons. The third-order valence-corrected chi connectivity index (χ3v) is 3.01. The predicted octanol–water partition coefficient (Wildman–Crippen LogP) is 3.56. The first-order chi connectivity index (χ1) is 9.72. The van der Waals surface area contributed by atoms with Crippen molar-refractivity contribution in [2.24, 2.45) is 0 Å². The SMILES string of the molecule is CCC(OC(=O)C(=O)c1ccccc1)c1ccccc1. The zero-order chi connectivity index (χ0) is 14.4. The van der Waals surface area contributed by atoms with Crippen LogP contribution in [0.3, 0.4) is 0 Å². The van der Waals surface area contributed by atoms with Crippen LogP contribution >= 0.6 is 0 Å². The van der Waals surface area contributed by atoms with Crippen LogP contribution < -0.4 is 0 Å². The fourth-order valence-electron chi connectivity index (χ4n) is 1.94. The quantitative estimate of drug-likeness (QED) is 0.473. The maximum Gasteiger partial charge on any atom is 0.380 e. The van der Waals surface area contributed by atoms with E-state index >= 15 is 0 Å². The molecule has 20 heavy (non-hydrogen) atoms. The third-order valence-electron chi connectivity index (χ3n) is 3.01. The van der Waals surface area contributed by atoms with Gasteiger partial charge in [-0.05, 0) is 12.0 Å². The second kappa shape index (κ2) is 6.66. The molecule has 0 heterocycles. The molecule has 0 N–H and O–H groups in total. The summed E-state index contributed by atoms with van der Waals surface area (Å²) in [6, 6.07) is 17.9. The monoisotopic (exact) mass is 268 g/mol. The Morgan fingerprint density at radius 2 is 1.50 bits per heavy atom. The first-order valence-electron chi connectivity index (χ1n) is 6.57. The van der Waals surface area contributed by atoms with Gasteiger partial charge < -0.3 is 4.74 Å². The van der Waals surface area contributed by atoms with Gasteiger partial charge in [-0.3, -0.25) is 4.79 Å². The van der Waals surface area contributed by atoms with Crippen LogP contribution in [0, 0.1) is 0 Å². The fourth-order valence-corrected chi connectivity index (χ4v) is 1.94. The van der Waals surface area contributed by atoms with Crippen LogP contribution in [-0.2, 0) is 9.53 Å². The van der Waals surface area contributed by atoms with Crippen molar-refractivity contribution in [2.75, 3.05) is 0 Å². The van der Waals surface area contributed by atoms with Crippen molar-refractivity contribution >= 4 is 11.8 Å². The van der Waals surface area contributed by atoms with Crippen LogP contribution in [0.25, 0.3) is 0 Å². The van der Waals surface area contributed by atoms with Gasteiger partial charge in [-0.1, -0.05) is 67.6 Å². The van der Waals surface area contributed by atoms with Crippen LogP contribution in [0.5, 0.6) is 0 Å². The standard InChI is InChI=1S/C17H16O3/c1-2-15(13-9-5-3-6-10-13)20-17(19)16(18)14-11-7-4-8-12-14/h3-12,15H,2H2,1H3. The Balaban J connectivity index is 2.09. The van der Waals surface area contributed by atoms with Gasteiger partial charge >= 0.3 is 5.97 Å². The van der Waals surface area contributed by atoms with Crippen LogP contribution in [0.2, 0.25) is 0 Å². The minimum absolute atomic E-state index is 0.348. The zero-order valence-corrected chi connectivity index (χ0v) is 11.3. The predicted molar refractivity (Wildman–Crippen MR) is 76.3 cm³/mol. The highest BCUT2D eigenvalue weighted by molar-refractivity contribution is 6.40. The number of carbonyl (C=O) groups is 2. The van der Waals surface area contributed by atoms with Gasteiger partial charge in [-0.25, -0.2) is 4.79 Å². The molecule has 3 nitrogen and oxygen atoms in total. The van der Waals surface area contributed by atoms with Gasteiger partial charge in [-0.2, -0.15) is 0 Å². The first kappa shape index (κ1) is 14.0. The molecule has 0 fully saturated rings. The van der Waals surface area contributed by atoms with Gasteiger partial charge in [0.1, 0.15) is 6.10 Å². The maximum absolute atomic E-state index is 12.0. The van der Waals surface area contributed by atoms with E-state index in [9.17, 15) is 9.59 Å². The molecule has 0 aliphatic heterocycles. The van der Waals surface area contributed by atoms with E-state index in [0.717, 1.165) is 5.56 Å². The average molecular weight is 268 g/mol. The summed E-state index contributed by atoms with van der Waals surface area (Å²) in [4.78, 5) is 23.9. The Bertz CT molecular complexity index is 576. The molecule has 0 saturated heterocycles. The molecule has 0 bridgehead atoms. The first-order valence-corrected chi connectivity index (χ1v) is 6.57. The molecule has 2 aromatic rings. The summed E-state index contributed by atoms with van der Waals surface area (Å²) in [5, 5.41) is 0. The van der Waals surface area contributed by atoms with Crippen LogP contribution in [0.15, 0.2) is 60.7 Å². The fraction of sp³-hybridized carbons (Fsp3) is 0.176. The highest BCUT2D eigenvalue weighted by atomic mass is 16.5. The van der Waals surface area contributed by atoms with Crippen molar-refractivity contribution in [1.82, 2.24) is 0 Å². The summed E-state index contributed by atoms with van der Waals surface area (Å²) in [5.41, 5.74) is 1.24. The van der Waals surface area contributed by atoms with E-state index in [1.807, 2.05) is 37.3 Å². The summed E-state index contributed by atoms with van der Waals surface area (Å²) in [6.07, 6.45) is 0.231. The van der Waals surface area contributed by atoms with Crippen molar-refractivity contribution in [3.05, 3.63) is 71.8 Å². The number of ketones is 1. The summed E-state index contributed by atoms with van der Waals surface area (Å²) in [7, 11) is 0. The number of hydrogen-bond donors (Lipinski definition) is 0. The molecule has 0 aliphatic carbocycles. The molecule has 0 spiro atoms. The lowest BCUT2D eigenvalue weighted by Crippen LogP contribution is -2.20. The van der Waals surface area contributed by atoms with E-state index in [1.54, 1.807) is 30.3 Å². The van der Waals surface area contributed by atoms with E-state index in [4.69, 9.17) is 4.74 Å². The van der Waals surface area contributed by atoms with Gasteiger partial charge in [0.15, 0.2) is 0 Å². The van der Waals surface area contributed by atoms with E-state index in [0.29, 0.717) is 12.0 Å². The Hall–Kier alpha value is -2.42. The highest BCUT2D eigenvalue weighted by Gasteiger charge is 2.22. The molecule has 1 atom stereocenters. The molecule has 1 unspecified atom stereocenters. The van der Waals surface area contributed by atoms with Crippen LogP contribution in [-0.4, -0.2) is 11.8 Å². The van der Waals surface area contributed by atoms with Crippen LogP contribution in [0.4, 0.5) is 0 Å². The largest absolute Gasteiger partial charge is 0.452 e. The van der Waals surface area contributed by atoms with E-state index in [2.05, 4.69) is 0 Å². The van der Waals surface area contributed by atoms with Crippen molar-refractivity contribution < 1.29 is 14.3 Å². The summed E-state index contributed by atoms with van der Waals surface area (Å²) >= 11 is 0. The highest BCUT2D eigenvalue weighted by Crippen LogP contribution is 2.21. The van der Waals surface area contributed by atoms with Crippen LogP contribution in [0.1, 0.15) is 35.4 Å². The van der Waals surface area contributed by atoms with Gasteiger partial charge in [0, 0.05) is 5.56 Å². The average Bonchev–Trinajstić information content (AvgIpc) is 2.53. The summed E-state index contributed by atoms with van der Waals surface area (Å²) in [5.74, 6) is -1.42. The number of ether oxygens (including phenoxy) is 1. The normalized spacial score (nSPS) is 11.7. The lowest BCUT2D eigenvalue weighted by atomic mass is 10.1.